The summed E-state index contributed by atoms with van der Waals surface area (Å²) in [7, 11) is 0. The summed E-state index contributed by atoms with van der Waals surface area (Å²) in [6.07, 6.45) is 0. The molecular formula is C24H16O6S. The maximum atomic E-state index is 13.0. The van der Waals surface area contributed by atoms with Crippen LogP contribution in [0.3, 0.4) is 0 Å². The van der Waals surface area contributed by atoms with Crippen LogP contribution < -0.4 is 11.3 Å². The number of aryl methyl sites for hydroxylation is 1. The zero-order chi connectivity index (χ0) is 21.7. The number of fused-ring (bicyclic) bond motifs is 2. The Hall–Kier alpha value is -3.84. The second-order valence-electron chi connectivity index (χ2n) is 7.18. The highest BCUT2D eigenvalue weighted by Crippen LogP contribution is 2.43. The largest absolute Gasteiger partial charge is 0.507 e. The van der Waals surface area contributed by atoms with Gasteiger partial charge in [0.05, 0.1) is 27.8 Å². The van der Waals surface area contributed by atoms with E-state index < -0.39 is 17.2 Å². The van der Waals surface area contributed by atoms with Gasteiger partial charge in [-0.25, -0.2) is 9.59 Å². The second kappa shape index (κ2) is 7.14. The van der Waals surface area contributed by atoms with E-state index in [2.05, 4.69) is 0 Å². The average Bonchev–Trinajstić information content (AvgIpc) is 3.18. The second-order valence-corrected chi connectivity index (χ2v) is 8.50. The highest BCUT2D eigenvalue weighted by atomic mass is 32.1. The topological polar surface area (TPSA) is 101 Å². The highest BCUT2D eigenvalue weighted by Gasteiger charge is 2.33. The molecule has 154 valence electrons. The number of hydrogen-bond acceptors (Lipinski definition) is 7. The summed E-state index contributed by atoms with van der Waals surface area (Å²) in [6.45, 7) is 1.89. The fraction of sp³-hybridized carbons (Fsp3) is 0.0833. The molecule has 0 unspecified atom stereocenters. The number of hydrogen-bond donors (Lipinski definition) is 2. The van der Waals surface area contributed by atoms with Gasteiger partial charge in [0.25, 0.3) is 0 Å². The molecule has 31 heavy (non-hydrogen) atoms. The summed E-state index contributed by atoms with van der Waals surface area (Å²) in [5, 5.41) is 22.8. The van der Waals surface area contributed by atoms with Crippen LogP contribution in [0.4, 0.5) is 0 Å². The van der Waals surface area contributed by atoms with Crippen molar-refractivity contribution in [3.63, 3.8) is 0 Å². The molecule has 3 heterocycles. The van der Waals surface area contributed by atoms with E-state index >= 15 is 0 Å². The van der Waals surface area contributed by atoms with E-state index in [0.717, 1.165) is 4.88 Å². The first-order valence-electron chi connectivity index (χ1n) is 9.51. The minimum Gasteiger partial charge on any atom is -0.507 e. The van der Waals surface area contributed by atoms with Gasteiger partial charge in [-0.2, -0.15) is 0 Å². The lowest BCUT2D eigenvalue weighted by atomic mass is 9.89. The molecule has 5 rings (SSSR count). The van der Waals surface area contributed by atoms with Crippen LogP contribution in [0.25, 0.3) is 21.9 Å². The Morgan fingerprint density at radius 1 is 0.742 bits per heavy atom. The van der Waals surface area contributed by atoms with E-state index in [9.17, 15) is 19.8 Å². The van der Waals surface area contributed by atoms with Crippen LogP contribution in [0.5, 0.6) is 11.5 Å². The molecule has 0 saturated carbocycles. The Labute approximate surface area is 179 Å². The lowest BCUT2D eigenvalue weighted by Crippen LogP contribution is -2.20. The Morgan fingerprint density at radius 2 is 1.23 bits per heavy atom. The van der Waals surface area contributed by atoms with Crippen LogP contribution in [0.1, 0.15) is 26.8 Å². The van der Waals surface area contributed by atoms with Crippen molar-refractivity contribution in [2.24, 2.45) is 0 Å². The molecule has 0 aliphatic carbocycles. The zero-order valence-corrected chi connectivity index (χ0v) is 17.1. The minimum atomic E-state index is -1.07. The molecule has 0 radical (unpaired) electrons. The maximum absolute atomic E-state index is 13.0. The monoisotopic (exact) mass is 432 g/mol. The van der Waals surface area contributed by atoms with Crippen molar-refractivity contribution in [3.8, 4) is 11.5 Å². The molecule has 0 aliphatic heterocycles. The molecule has 0 bridgehead atoms. The van der Waals surface area contributed by atoms with Crippen LogP contribution in [-0.4, -0.2) is 10.2 Å². The van der Waals surface area contributed by atoms with E-state index in [0.29, 0.717) is 15.6 Å². The van der Waals surface area contributed by atoms with Crippen molar-refractivity contribution >= 4 is 33.3 Å². The van der Waals surface area contributed by atoms with Gasteiger partial charge in [0, 0.05) is 9.75 Å². The van der Waals surface area contributed by atoms with E-state index in [1.54, 1.807) is 54.6 Å². The summed E-state index contributed by atoms with van der Waals surface area (Å²) in [4.78, 5) is 27.5. The Kier molecular flexibility index (Phi) is 4.41. The van der Waals surface area contributed by atoms with Gasteiger partial charge in [0.1, 0.15) is 22.7 Å². The van der Waals surface area contributed by atoms with E-state index in [1.807, 2.05) is 13.0 Å². The van der Waals surface area contributed by atoms with Crippen molar-refractivity contribution < 1.29 is 19.0 Å². The smallest absolute Gasteiger partial charge is 0.344 e. The first-order valence-corrected chi connectivity index (χ1v) is 10.3. The summed E-state index contributed by atoms with van der Waals surface area (Å²) in [5.74, 6) is -1.66. The van der Waals surface area contributed by atoms with Crippen LogP contribution in [0, 0.1) is 6.92 Å². The van der Waals surface area contributed by atoms with E-state index in [4.69, 9.17) is 8.83 Å². The molecule has 6 nitrogen and oxygen atoms in total. The minimum absolute atomic E-state index is 0.126. The average molecular weight is 432 g/mol. The van der Waals surface area contributed by atoms with Crippen molar-refractivity contribution in [2.75, 3.05) is 0 Å². The maximum Gasteiger partial charge on any atom is 0.344 e. The Balaban J connectivity index is 1.91. The first kappa shape index (κ1) is 19.1. The highest BCUT2D eigenvalue weighted by molar-refractivity contribution is 7.12. The lowest BCUT2D eigenvalue weighted by Gasteiger charge is -2.18. The number of rotatable bonds is 3. The predicted octanol–water partition coefficient (Wildman–Crippen LogP) is 4.86. The number of para-hydroxylation sites is 2. The van der Waals surface area contributed by atoms with Gasteiger partial charge in [0.2, 0.25) is 0 Å². The van der Waals surface area contributed by atoms with Crippen LogP contribution in [0.2, 0.25) is 0 Å². The molecule has 0 saturated heterocycles. The third-order valence-corrected chi connectivity index (χ3v) is 6.33. The fourth-order valence-electron chi connectivity index (χ4n) is 3.84. The van der Waals surface area contributed by atoms with E-state index in [-0.39, 0.29) is 33.8 Å². The standard InChI is InChI=1S/C24H16O6S/c1-12-10-11-17(31-12)18(19-21(25)13-6-2-4-8-15(13)29-23(19)27)20-22(26)14-7-3-5-9-16(14)30-24(20)28/h2-11,18,25-26H,1H3. The van der Waals surface area contributed by atoms with Crippen LogP contribution >= 0.6 is 11.3 Å². The molecule has 0 spiro atoms. The molecule has 0 amide bonds. The molecule has 0 atom stereocenters. The normalized spacial score (nSPS) is 11.5. The van der Waals surface area contributed by atoms with Crippen molar-refractivity contribution in [2.45, 2.75) is 12.8 Å². The molecule has 0 fully saturated rings. The van der Waals surface area contributed by atoms with Gasteiger partial charge in [-0.15, -0.1) is 11.3 Å². The zero-order valence-electron chi connectivity index (χ0n) is 16.3. The Morgan fingerprint density at radius 3 is 1.68 bits per heavy atom. The molecule has 2 aromatic carbocycles. The fourth-order valence-corrected chi connectivity index (χ4v) is 4.84. The number of thiophene rings is 1. The number of aromatic hydroxyl groups is 2. The predicted molar refractivity (Wildman–Crippen MR) is 118 cm³/mol. The van der Waals surface area contributed by atoms with E-state index in [1.165, 1.54) is 11.3 Å². The summed E-state index contributed by atoms with van der Waals surface area (Å²) in [5.41, 5.74) is -1.38. The van der Waals surface area contributed by atoms with Gasteiger partial charge < -0.3 is 19.0 Å². The SMILES string of the molecule is Cc1ccc(C(c2c(O)c3ccccc3oc2=O)c2c(O)c3ccccc3oc2=O)s1. The quantitative estimate of drug-likeness (QED) is 0.395. The van der Waals surface area contributed by atoms with Gasteiger partial charge >= 0.3 is 11.3 Å². The summed E-state index contributed by atoms with van der Waals surface area (Å²) < 4.78 is 10.9. The van der Waals surface area contributed by atoms with Gasteiger partial charge in [0.15, 0.2) is 0 Å². The molecule has 2 N–H and O–H groups in total. The number of benzene rings is 2. The molecule has 5 aromatic rings. The van der Waals surface area contributed by atoms with Gasteiger partial charge in [-0.3, -0.25) is 0 Å². The van der Waals surface area contributed by atoms with Crippen LogP contribution in [0.15, 0.2) is 79.1 Å². The van der Waals surface area contributed by atoms with Crippen molar-refractivity contribution in [1.29, 1.82) is 0 Å². The first-order chi connectivity index (χ1) is 15.0. The van der Waals surface area contributed by atoms with Crippen LogP contribution in [-0.2, 0) is 0 Å². The van der Waals surface area contributed by atoms with Crippen molar-refractivity contribution in [3.05, 3.63) is 102 Å². The van der Waals surface area contributed by atoms with Gasteiger partial charge in [-0.05, 0) is 43.3 Å². The lowest BCUT2D eigenvalue weighted by molar-refractivity contribution is 0.442. The van der Waals surface area contributed by atoms with Crippen molar-refractivity contribution in [1.82, 2.24) is 0 Å². The Bertz CT molecular complexity index is 1470. The summed E-state index contributed by atoms with van der Waals surface area (Å²) >= 11 is 1.35. The third kappa shape index (κ3) is 3.02. The molecule has 3 aromatic heterocycles. The molecule has 0 aliphatic rings. The van der Waals surface area contributed by atoms with Gasteiger partial charge in [-0.1, -0.05) is 24.3 Å². The third-order valence-electron chi connectivity index (χ3n) is 5.26. The molecular weight excluding hydrogens is 416 g/mol. The molecule has 7 heteroatoms. The summed E-state index contributed by atoms with van der Waals surface area (Å²) in [6, 6.07) is 16.8.